The highest BCUT2D eigenvalue weighted by atomic mass is 35.5. The molecule has 0 radical (unpaired) electrons. The molecular formula is C26H22ClF3N4O5S. The molecule has 1 aliphatic heterocycles. The van der Waals surface area contributed by atoms with E-state index in [0.29, 0.717) is 27.4 Å². The molecule has 3 heterocycles. The van der Waals surface area contributed by atoms with Crippen LogP contribution in [0.3, 0.4) is 0 Å². The number of fused-ring (bicyclic) bond motifs is 1. The summed E-state index contributed by atoms with van der Waals surface area (Å²) in [7, 11) is -4.19. The van der Waals surface area contributed by atoms with E-state index in [9.17, 15) is 26.4 Å². The van der Waals surface area contributed by atoms with E-state index < -0.39 is 33.9 Å². The van der Waals surface area contributed by atoms with Crippen LogP contribution in [0.15, 0.2) is 65.7 Å². The van der Waals surface area contributed by atoms with E-state index in [1.807, 2.05) is 0 Å². The Labute approximate surface area is 231 Å². The summed E-state index contributed by atoms with van der Waals surface area (Å²) >= 11 is 6.09. The van der Waals surface area contributed by atoms with Gasteiger partial charge in [-0.25, -0.2) is 8.42 Å². The second-order valence-corrected chi connectivity index (χ2v) is 11.3. The van der Waals surface area contributed by atoms with Crippen molar-refractivity contribution in [3.8, 4) is 16.9 Å². The number of carbonyl (C=O) groups is 1. The van der Waals surface area contributed by atoms with Crippen molar-refractivity contribution in [3.63, 3.8) is 0 Å². The summed E-state index contributed by atoms with van der Waals surface area (Å²) in [5.41, 5.74) is 5.69. The van der Waals surface area contributed by atoms with Gasteiger partial charge in [-0.3, -0.25) is 9.78 Å². The molecule has 0 spiro atoms. The van der Waals surface area contributed by atoms with E-state index in [-0.39, 0.29) is 42.3 Å². The normalized spacial score (nSPS) is 16.8. The van der Waals surface area contributed by atoms with Crippen LogP contribution in [0.5, 0.6) is 5.75 Å². The minimum absolute atomic E-state index is 0.0108. The summed E-state index contributed by atoms with van der Waals surface area (Å²) < 4.78 is 78.6. The molecule has 0 unspecified atom stereocenters. The smallest absolute Gasteiger partial charge is 0.433 e. The average molecular weight is 595 g/mol. The van der Waals surface area contributed by atoms with Crippen LogP contribution in [0.1, 0.15) is 16.2 Å². The fraction of sp³-hybridized carbons (Fsp3) is 0.231. The lowest BCUT2D eigenvalue weighted by atomic mass is 10.1. The number of nitrogens with zero attached hydrogens (tertiary/aromatic N) is 2. The quantitative estimate of drug-likeness (QED) is 0.325. The highest BCUT2D eigenvalue weighted by Crippen LogP contribution is 2.33. The number of alkyl halides is 3. The molecule has 1 atom stereocenters. The van der Waals surface area contributed by atoms with Gasteiger partial charge in [0.15, 0.2) is 0 Å². The zero-order chi connectivity index (χ0) is 28.7. The first-order valence-corrected chi connectivity index (χ1v) is 13.7. The summed E-state index contributed by atoms with van der Waals surface area (Å²) in [6.45, 7) is 0.0552. The van der Waals surface area contributed by atoms with Crippen LogP contribution in [-0.2, 0) is 20.9 Å². The van der Waals surface area contributed by atoms with Gasteiger partial charge in [-0.15, -0.1) is 0 Å². The molecule has 210 valence electrons. The predicted molar refractivity (Wildman–Crippen MR) is 140 cm³/mol. The van der Waals surface area contributed by atoms with Crippen molar-refractivity contribution in [2.75, 3.05) is 26.3 Å². The standard InChI is InChI=1S/C26H22ClF3N4O5S/c27-17-5-6-21-20(11-17)24(23(33-21)25(31)35)40(36,37)34-8-9-38-19(13-34)14-39-18-3-1-2-15(10-18)16-4-7-22(32-12-16)26(28,29)30/h1-7,10-12,19,33H,8-9,13-14H2,(H2,31,35)/t19-/m0/s1. The molecule has 14 heteroatoms. The van der Waals surface area contributed by atoms with Crippen molar-refractivity contribution in [1.82, 2.24) is 14.3 Å². The number of aromatic nitrogens is 2. The van der Waals surface area contributed by atoms with Gasteiger partial charge in [0, 0.05) is 40.8 Å². The highest BCUT2D eigenvalue weighted by molar-refractivity contribution is 7.89. The van der Waals surface area contributed by atoms with E-state index in [1.54, 1.807) is 36.4 Å². The largest absolute Gasteiger partial charge is 0.491 e. The van der Waals surface area contributed by atoms with E-state index in [4.69, 9.17) is 26.8 Å². The molecule has 1 fully saturated rings. The first kappa shape index (κ1) is 27.9. The third kappa shape index (κ3) is 5.63. The van der Waals surface area contributed by atoms with Crippen molar-refractivity contribution >= 4 is 38.4 Å². The van der Waals surface area contributed by atoms with Crippen molar-refractivity contribution in [2.24, 2.45) is 5.73 Å². The second kappa shape index (κ2) is 10.7. The maximum absolute atomic E-state index is 13.7. The number of amides is 1. The third-order valence-electron chi connectivity index (χ3n) is 6.32. The summed E-state index contributed by atoms with van der Waals surface area (Å²) in [4.78, 5) is 18.1. The Morgan fingerprint density at radius 2 is 1.98 bits per heavy atom. The van der Waals surface area contributed by atoms with E-state index >= 15 is 0 Å². The van der Waals surface area contributed by atoms with Crippen LogP contribution >= 0.6 is 11.6 Å². The van der Waals surface area contributed by atoms with Crippen molar-refractivity contribution < 1.29 is 35.9 Å². The number of pyridine rings is 1. The number of primary amides is 1. The number of nitrogens with two attached hydrogens (primary N) is 1. The SMILES string of the molecule is NC(=O)c1[nH]c2ccc(Cl)cc2c1S(=O)(=O)N1CCO[C@H](COc2cccc(-c3ccc(C(F)(F)F)nc3)c2)C1. The Morgan fingerprint density at radius 1 is 1.18 bits per heavy atom. The first-order valence-electron chi connectivity index (χ1n) is 11.9. The van der Waals surface area contributed by atoms with Crippen LogP contribution in [0, 0.1) is 0 Å². The Morgan fingerprint density at radius 3 is 2.67 bits per heavy atom. The number of halogens is 4. The van der Waals surface area contributed by atoms with Crippen LogP contribution in [0.4, 0.5) is 13.2 Å². The number of rotatable bonds is 7. The molecule has 5 rings (SSSR count). The van der Waals surface area contributed by atoms with Crippen LogP contribution < -0.4 is 10.5 Å². The van der Waals surface area contributed by atoms with Crippen LogP contribution in [0.2, 0.25) is 5.02 Å². The zero-order valence-electron chi connectivity index (χ0n) is 20.6. The maximum Gasteiger partial charge on any atom is 0.433 e. The fourth-order valence-corrected chi connectivity index (χ4v) is 6.37. The molecular weight excluding hydrogens is 573 g/mol. The van der Waals surface area contributed by atoms with E-state index in [2.05, 4.69) is 9.97 Å². The number of sulfonamides is 1. The number of benzene rings is 2. The van der Waals surface area contributed by atoms with Crippen molar-refractivity contribution in [1.29, 1.82) is 0 Å². The molecule has 1 amide bonds. The molecule has 2 aromatic carbocycles. The van der Waals surface area contributed by atoms with Gasteiger partial charge < -0.3 is 20.2 Å². The number of nitrogens with one attached hydrogen (secondary N) is 1. The summed E-state index contributed by atoms with van der Waals surface area (Å²) in [6.07, 6.45) is -4.05. The van der Waals surface area contributed by atoms with Gasteiger partial charge in [-0.1, -0.05) is 29.8 Å². The number of hydrogen-bond donors (Lipinski definition) is 2. The number of aromatic amines is 1. The predicted octanol–water partition coefficient (Wildman–Crippen LogP) is 4.47. The van der Waals surface area contributed by atoms with Gasteiger partial charge in [0.2, 0.25) is 10.0 Å². The van der Waals surface area contributed by atoms with Gasteiger partial charge in [-0.05, 0) is 42.0 Å². The van der Waals surface area contributed by atoms with E-state index in [1.165, 1.54) is 16.4 Å². The number of morpholine rings is 1. The number of carbonyl (C=O) groups excluding carboxylic acids is 1. The van der Waals surface area contributed by atoms with E-state index in [0.717, 1.165) is 12.3 Å². The summed E-state index contributed by atoms with van der Waals surface area (Å²) in [5, 5.41) is 0.539. The highest BCUT2D eigenvalue weighted by Gasteiger charge is 2.36. The fourth-order valence-electron chi connectivity index (χ4n) is 4.41. The average Bonchev–Trinajstić information content (AvgIpc) is 3.32. The molecule has 1 aliphatic rings. The second-order valence-electron chi connectivity index (χ2n) is 9.01. The Bertz CT molecular complexity index is 1680. The van der Waals surface area contributed by atoms with Crippen LogP contribution in [0.25, 0.3) is 22.0 Å². The lowest BCUT2D eigenvalue weighted by molar-refractivity contribution is -0.141. The molecule has 0 aliphatic carbocycles. The molecule has 9 nitrogen and oxygen atoms in total. The van der Waals surface area contributed by atoms with Crippen molar-refractivity contribution in [3.05, 3.63) is 77.2 Å². The molecule has 3 N–H and O–H groups in total. The maximum atomic E-state index is 13.7. The Kier molecular flexibility index (Phi) is 7.48. The van der Waals surface area contributed by atoms with Gasteiger partial charge in [0.25, 0.3) is 5.91 Å². The monoisotopic (exact) mass is 594 g/mol. The lowest BCUT2D eigenvalue weighted by Gasteiger charge is -2.32. The minimum Gasteiger partial charge on any atom is -0.491 e. The lowest BCUT2D eigenvalue weighted by Crippen LogP contribution is -2.47. The van der Waals surface area contributed by atoms with Crippen LogP contribution in [-0.4, -0.2) is 61.0 Å². The molecule has 2 aromatic heterocycles. The molecule has 1 saturated heterocycles. The third-order valence-corrected chi connectivity index (χ3v) is 8.50. The molecule has 4 aromatic rings. The molecule has 0 bridgehead atoms. The summed E-state index contributed by atoms with van der Waals surface area (Å²) in [6, 6.07) is 13.5. The topological polar surface area (TPSA) is 128 Å². The number of H-pyrrole nitrogens is 1. The van der Waals surface area contributed by atoms with Crippen molar-refractivity contribution in [2.45, 2.75) is 17.2 Å². The van der Waals surface area contributed by atoms with Gasteiger partial charge in [0.05, 0.1) is 6.61 Å². The number of hydrogen-bond acceptors (Lipinski definition) is 6. The van der Waals surface area contributed by atoms with Gasteiger partial charge >= 0.3 is 6.18 Å². The van der Waals surface area contributed by atoms with Gasteiger partial charge in [-0.2, -0.15) is 17.5 Å². The first-order chi connectivity index (χ1) is 18.9. The zero-order valence-corrected chi connectivity index (χ0v) is 22.2. The molecule has 40 heavy (non-hydrogen) atoms. The number of ether oxygens (including phenoxy) is 2. The molecule has 0 saturated carbocycles. The Hall–Kier alpha value is -3.65. The minimum atomic E-state index is -4.53. The van der Waals surface area contributed by atoms with Gasteiger partial charge in [0.1, 0.15) is 34.7 Å². The summed E-state index contributed by atoms with van der Waals surface area (Å²) in [5.74, 6) is -0.523. The Balaban J connectivity index is 1.31.